The average Bonchev–Trinajstić information content (AvgIpc) is 2.36. The molecule has 1 heterocycles. The molecule has 1 aliphatic heterocycles. The third kappa shape index (κ3) is 5.09. The van der Waals surface area contributed by atoms with E-state index < -0.39 is 0 Å². The summed E-state index contributed by atoms with van der Waals surface area (Å²) in [5, 5.41) is 1.10. The summed E-state index contributed by atoms with van der Waals surface area (Å²) in [7, 11) is 0. The number of amides is 1. The number of carbonyl (C=O) groups is 1. The molecule has 0 bridgehead atoms. The van der Waals surface area contributed by atoms with Crippen LogP contribution < -0.4 is 0 Å². The van der Waals surface area contributed by atoms with Gasteiger partial charge in [0, 0.05) is 23.1 Å². The Hall–Kier alpha value is -0.640. The maximum atomic E-state index is 11.8. The van der Waals surface area contributed by atoms with Crippen LogP contribution in [0.3, 0.4) is 0 Å². The zero-order chi connectivity index (χ0) is 13.0. The molecule has 0 N–H and O–H groups in total. The molecule has 1 aromatic carbocycles. The second-order valence-corrected chi connectivity index (χ2v) is 5.25. The summed E-state index contributed by atoms with van der Waals surface area (Å²) in [6, 6.07) is 5.15. The van der Waals surface area contributed by atoms with E-state index >= 15 is 0 Å². The van der Waals surface area contributed by atoms with E-state index in [-0.39, 0.29) is 25.1 Å². The van der Waals surface area contributed by atoms with Gasteiger partial charge in [-0.3, -0.25) is 0 Å². The van der Waals surface area contributed by atoms with Gasteiger partial charge >= 0.3 is 6.09 Å². The van der Waals surface area contributed by atoms with Crippen LogP contribution in [0.25, 0.3) is 0 Å². The van der Waals surface area contributed by atoms with Crippen molar-refractivity contribution in [2.24, 2.45) is 0 Å². The maximum absolute atomic E-state index is 11.8. The lowest BCUT2D eigenvalue weighted by Gasteiger charge is -2.25. The van der Waals surface area contributed by atoms with Crippen LogP contribution in [0, 0.1) is 0 Å². The Morgan fingerprint density at radius 1 is 1.11 bits per heavy atom. The predicted octanol–water partition coefficient (Wildman–Crippen LogP) is 4.54. The van der Waals surface area contributed by atoms with Gasteiger partial charge in [0.05, 0.1) is 0 Å². The van der Waals surface area contributed by atoms with Crippen molar-refractivity contribution < 1.29 is 9.53 Å². The van der Waals surface area contributed by atoms with Gasteiger partial charge in [0.25, 0.3) is 0 Å². The number of hydrogen-bond donors (Lipinski definition) is 0. The molecule has 1 aliphatic rings. The molecule has 1 amide bonds. The molecular weight excluding hydrogens is 309 g/mol. The molecule has 0 atom stereocenters. The van der Waals surface area contributed by atoms with E-state index in [9.17, 15) is 4.79 Å². The van der Waals surface area contributed by atoms with E-state index in [0.717, 1.165) is 31.5 Å². The first kappa shape index (κ1) is 16.4. The average molecular weight is 325 g/mol. The first-order chi connectivity index (χ1) is 8.65. The third-order valence-corrected chi connectivity index (χ3v) is 3.34. The molecule has 106 valence electrons. The van der Waals surface area contributed by atoms with Gasteiger partial charge in [0.2, 0.25) is 0 Å². The molecule has 0 spiro atoms. The molecule has 0 aliphatic carbocycles. The van der Waals surface area contributed by atoms with Crippen LogP contribution >= 0.6 is 35.6 Å². The van der Waals surface area contributed by atoms with Crippen LogP contribution in [0.2, 0.25) is 10.0 Å². The Morgan fingerprint density at radius 2 is 1.68 bits per heavy atom. The van der Waals surface area contributed by atoms with E-state index in [2.05, 4.69) is 0 Å². The van der Waals surface area contributed by atoms with E-state index in [1.54, 1.807) is 23.1 Å². The molecule has 19 heavy (non-hydrogen) atoms. The van der Waals surface area contributed by atoms with Gasteiger partial charge in [-0.05, 0) is 43.0 Å². The minimum Gasteiger partial charge on any atom is -0.445 e. The molecule has 6 heteroatoms. The smallest absolute Gasteiger partial charge is 0.410 e. The van der Waals surface area contributed by atoms with E-state index in [4.69, 9.17) is 27.9 Å². The van der Waals surface area contributed by atoms with Gasteiger partial charge in [-0.2, -0.15) is 0 Å². The van der Waals surface area contributed by atoms with Crippen molar-refractivity contribution in [3.8, 4) is 0 Å². The summed E-state index contributed by atoms with van der Waals surface area (Å²) in [5.41, 5.74) is 0.804. The number of hydrogen-bond acceptors (Lipinski definition) is 2. The highest BCUT2D eigenvalue weighted by Crippen LogP contribution is 2.20. The van der Waals surface area contributed by atoms with Gasteiger partial charge in [-0.25, -0.2) is 4.79 Å². The fourth-order valence-corrected chi connectivity index (χ4v) is 2.58. The Morgan fingerprint density at radius 3 is 2.26 bits per heavy atom. The van der Waals surface area contributed by atoms with E-state index in [0.29, 0.717) is 10.0 Å². The summed E-state index contributed by atoms with van der Waals surface area (Å²) < 4.78 is 5.25. The summed E-state index contributed by atoms with van der Waals surface area (Å²) in [5.74, 6) is 0. The van der Waals surface area contributed by atoms with Crippen molar-refractivity contribution in [3.05, 3.63) is 33.8 Å². The summed E-state index contributed by atoms with van der Waals surface area (Å²) >= 11 is 11.8. The number of rotatable bonds is 2. The second kappa shape index (κ2) is 7.83. The van der Waals surface area contributed by atoms with E-state index in [1.165, 1.54) is 6.42 Å². The Bertz CT molecular complexity index is 414. The molecule has 0 radical (unpaired) electrons. The molecule has 0 unspecified atom stereocenters. The first-order valence-corrected chi connectivity index (χ1v) is 6.77. The SMILES string of the molecule is Cl.O=C(OCc1cc(Cl)cc(Cl)c1)N1CCCCC1. The standard InChI is InChI=1S/C13H15Cl2NO2.ClH/c14-11-6-10(7-12(15)8-11)9-18-13(17)16-4-2-1-3-5-16;/h6-8H,1-5,9H2;1H. The van der Waals surface area contributed by atoms with Gasteiger partial charge < -0.3 is 9.64 Å². The number of likely N-dealkylation sites (tertiary alicyclic amines) is 1. The van der Waals surface area contributed by atoms with Gasteiger partial charge in [-0.1, -0.05) is 23.2 Å². The molecule has 0 aromatic heterocycles. The quantitative estimate of drug-likeness (QED) is 0.799. The van der Waals surface area contributed by atoms with Crippen molar-refractivity contribution in [2.75, 3.05) is 13.1 Å². The van der Waals surface area contributed by atoms with Crippen molar-refractivity contribution in [3.63, 3.8) is 0 Å². The summed E-state index contributed by atoms with van der Waals surface area (Å²) in [6.45, 7) is 1.78. The van der Waals surface area contributed by atoms with Crippen LogP contribution in [0.4, 0.5) is 4.79 Å². The summed E-state index contributed by atoms with van der Waals surface area (Å²) in [6.07, 6.45) is 3.04. The molecule has 1 aromatic rings. The second-order valence-electron chi connectivity index (χ2n) is 4.38. The van der Waals surface area contributed by atoms with Crippen molar-refractivity contribution in [2.45, 2.75) is 25.9 Å². The minimum absolute atomic E-state index is 0. The number of piperidine rings is 1. The number of nitrogens with zero attached hydrogens (tertiary/aromatic N) is 1. The highest BCUT2D eigenvalue weighted by Gasteiger charge is 2.17. The predicted molar refractivity (Wildman–Crippen MR) is 79.3 cm³/mol. The largest absolute Gasteiger partial charge is 0.445 e. The maximum Gasteiger partial charge on any atom is 0.410 e. The van der Waals surface area contributed by atoms with Crippen LogP contribution in [0.5, 0.6) is 0 Å². The normalized spacial score (nSPS) is 14.7. The minimum atomic E-state index is -0.259. The van der Waals surface area contributed by atoms with Crippen molar-refractivity contribution in [1.29, 1.82) is 0 Å². The fraction of sp³-hybridized carbons (Fsp3) is 0.462. The first-order valence-electron chi connectivity index (χ1n) is 6.02. The third-order valence-electron chi connectivity index (χ3n) is 2.90. The van der Waals surface area contributed by atoms with Gasteiger partial charge in [-0.15, -0.1) is 12.4 Å². The summed E-state index contributed by atoms with van der Waals surface area (Å²) in [4.78, 5) is 13.5. The molecule has 0 saturated carbocycles. The number of ether oxygens (including phenoxy) is 1. The van der Waals surface area contributed by atoms with Crippen LogP contribution in [-0.4, -0.2) is 24.1 Å². The van der Waals surface area contributed by atoms with Gasteiger partial charge in [0.1, 0.15) is 6.61 Å². The number of carbonyl (C=O) groups excluding carboxylic acids is 1. The molecular formula is C13H16Cl3NO2. The lowest BCUT2D eigenvalue weighted by Crippen LogP contribution is -2.35. The number of halogens is 3. The monoisotopic (exact) mass is 323 g/mol. The Kier molecular flexibility index (Phi) is 6.76. The molecule has 3 nitrogen and oxygen atoms in total. The van der Waals surface area contributed by atoms with Crippen LogP contribution in [0.1, 0.15) is 24.8 Å². The van der Waals surface area contributed by atoms with Crippen molar-refractivity contribution >= 4 is 41.7 Å². The Balaban J connectivity index is 0.00000180. The van der Waals surface area contributed by atoms with Crippen LogP contribution in [0.15, 0.2) is 18.2 Å². The number of benzene rings is 1. The Labute approximate surface area is 129 Å². The highest BCUT2D eigenvalue weighted by atomic mass is 35.5. The highest BCUT2D eigenvalue weighted by molar-refractivity contribution is 6.34. The fourth-order valence-electron chi connectivity index (χ4n) is 2.01. The lowest BCUT2D eigenvalue weighted by molar-refractivity contribution is 0.0894. The van der Waals surface area contributed by atoms with Crippen molar-refractivity contribution in [1.82, 2.24) is 4.90 Å². The zero-order valence-electron chi connectivity index (χ0n) is 10.4. The molecule has 1 fully saturated rings. The lowest BCUT2D eigenvalue weighted by atomic mass is 10.1. The van der Waals surface area contributed by atoms with Gasteiger partial charge in [0.15, 0.2) is 0 Å². The van der Waals surface area contributed by atoms with E-state index in [1.807, 2.05) is 0 Å². The molecule has 2 rings (SSSR count). The topological polar surface area (TPSA) is 29.5 Å². The molecule has 1 saturated heterocycles. The zero-order valence-corrected chi connectivity index (χ0v) is 12.7. The van der Waals surface area contributed by atoms with Crippen LogP contribution in [-0.2, 0) is 11.3 Å².